The van der Waals surface area contributed by atoms with Crippen LogP contribution in [0, 0.1) is 5.92 Å². The van der Waals surface area contributed by atoms with Crippen molar-refractivity contribution in [3.8, 4) is 0 Å². The number of carbonyl (C=O) groups is 1. The zero-order valence-corrected chi connectivity index (χ0v) is 13.8. The maximum absolute atomic E-state index is 12.3. The Morgan fingerprint density at radius 2 is 2.14 bits per heavy atom. The second-order valence-corrected chi connectivity index (χ2v) is 6.33. The first-order chi connectivity index (χ1) is 10.1. The maximum Gasteiger partial charge on any atom is 0.265 e. The molecule has 0 saturated carbocycles. The zero-order chi connectivity index (χ0) is 15.2. The summed E-state index contributed by atoms with van der Waals surface area (Å²) in [4.78, 5) is 15.3. The molecule has 1 aliphatic rings. The van der Waals surface area contributed by atoms with Crippen LogP contribution in [0.3, 0.4) is 0 Å². The van der Waals surface area contributed by atoms with Crippen molar-refractivity contribution in [3.05, 3.63) is 10.6 Å². The molecule has 6 nitrogen and oxygen atoms in total. The standard InChI is InChI=1S/C14H24N4O2S/c1-4-11-13(21-17-16-11)14(19)15-9-12(10(2)3)18-5-7-20-8-6-18/h10,12H,4-9H2,1-3H3,(H,15,19)/t12-/m0/s1. The van der Waals surface area contributed by atoms with Gasteiger partial charge in [0.2, 0.25) is 0 Å². The number of carbonyl (C=O) groups excluding carboxylic acids is 1. The Bertz CT molecular complexity index is 458. The summed E-state index contributed by atoms with van der Waals surface area (Å²) in [6.45, 7) is 10.4. The lowest BCUT2D eigenvalue weighted by atomic mass is 10.0. The molecule has 1 atom stereocenters. The molecule has 0 spiro atoms. The van der Waals surface area contributed by atoms with E-state index in [4.69, 9.17) is 4.74 Å². The molecule has 21 heavy (non-hydrogen) atoms. The summed E-state index contributed by atoms with van der Waals surface area (Å²) >= 11 is 1.17. The highest BCUT2D eigenvalue weighted by Crippen LogP contribution is 2.14. The van der Waals surface area contributed by atoms with E-state index < -0.39 is 0 Å². The number of rotatable bonds is 6. The normalized spacial score (nSPS) is 17.9. The Morgan fingerprint density at radius 1 is 1.43 bits per heavy atom. The Labute approximate surface area is 130 Å². The first-order valence-electron chi connectivity index (χ1n) is 7.54. The summed E-state index contributed by atoms with van der Waals surface area (Å²) in [5.41, 5.74) is 0.782. The van der Waals surface area contributed by atoms with Crippen LogP contribution in [0.4, 0.5) is 0 Å². The van der Waals surface area contributed by atoms with E-state index in [0.717, 1.165) is 38.4 Å². The number of hydrogen-bond donors (Lipinski definition) is 1. The predicted molar refractivity (Wildman–Crippen MR) is 82.6 cm³/mol. The average Bonchev–Trinajstić information content (AvgIpc) is 2.96. The van der Waals surface area contributed by atoms with Crippen LogP contribution in [0.1, 0.15) is 36.1 Å². The zero-order valence-electron chi connectivity index (χ0n) is 13.0. The number of nitrogens with one attached hydrogen (secondary N) is 1. The molecule has 0 unspecified atom stereocenters. The lowest BCUT2D eigenvalue weighted by Crippen LogP contribution is -2.51. The van der Waals surface area contributed by atoms with Crippen LogP contribution in [0.2, 0.25) is 0 Å². The van der Waals surface area contributed by atoms with Gasteiger partial charge in [0.15, 0.2) is 0 Å². The molecule has 1 aromatic heterocycles. The number of morpholine rings is 1. The topological polar surface area (TPSA) is 67.4 Å². The van der Waals surface area contributed by atoms with Crippen LogP contribution >= 0.6 is 11.5 Å². The van der Waals surface area contributed by atoms with Crippen molar-refractivity contribution in [2.45, 2.75) is 33.2 Å². The molecule has 2 heterocycles. The van der Waals surface area contributed by atoms with E-state index in [-0.39, 0.29) is 5.91 Å². The first-order valence-corrected chi connectivity index (χ1v) is 8.32. The SMILES string of the molecule is CCc1nnsc1C(=O)NC[C@@H](C(C)C)N1CCOCC1. The second kappa shape index (κ2) is 7.82. The third kappa shape index (κ3) is 4.21. The number of nitrogens with zero attached hydrogens (tertiary/aromatic N) is 3. The van der Waals surface area contributed by atoms with Gasteiger partial charge in [0.05, 0.1) is 18.9 Å². The van der Waals surface area contributed by atoms with E-state index in [1.165, 1.54) is 11.5 Å². The minimum Gasteiger partial charge on any atom is -0.379 e. The van der Waals surface area contributed by atoms with Crippen molar-refractivity contribution in [2.24, 2.45) is 5.92 Å². The van der Waals surface area contributed by atoms with Crippen LogP contribution in [-0.4, -0.2) is 59.3 Å². The molecule has 1 N–H and O–H groups in total. The van der Waals surface area contributed by atoms with Crippen LogP contribution in [-0.2, 0) is 11.2 Å². The van der Waals surface area contributed by atoms with E-state index in [2.05, 4.69) is 33.7 Å². The highest BCUT2D eigenvalue weighted by Gasteiger charge is 2.25. The highest BCUT2D eigenvalue weighted by atomic mass is 32.1. The Morgan fingerprint density at radius 3 is 2.76 bits per heavy atom. The highest BCUT2D eigenvalue weighted by molar-refractivity contribution is 7.08. The molecular formula is C14H24N4O2S. The smallest absolute Gasteiger partial charge is 0.265 e. The van der Waals surface area contributed by atoms with Gasteiger partial charge in [0.1, 0.15) is 4.88 Å². The first kappa shape index (κ1) is 16.3. The lowest BCUT2D eigenvalue weighted by Gasteiger charge is -2.36. The van der Waals surface area contributed by atoms with Gasteiger partial charge in [0, 0.05) is 25.7 Å². The van der Waals surface area contributed by atoms with E-state index in [1.54, 1.807) is 0 Å². The molecule has 0 aliphatic carbocycles. The van der Waals surface area contributed by atoms with Crippen molar-refractivity contribution in [3.63, 3.8) is 0 Å². The van der Waals surface area contributed by atoms with Crippen molar-refractivity contribution in [1.29, 1.82) is 0 Å². The fraction of sp³-hybridized carbons (Fsp3) is 0.786. The molecule has 0 bridgehead atoms. The Hall–Kier alpha value is -1.05. The van der Waals surface area contributed by atoms with E-state index in [0.29, 0.717) is 23.4 Å². The molecule has 1 amide bonds. The summed E-state index contributed by atoms with van der Waals surface area (Å²) in [6, 6.07) is 0.337. The molecular weight excluding hydrogens is 288 g/mol. The molecule has 0 radical (unpaired) electrons. The maximum atomic E-state index is 12.3. The Balaban J connectivity index is 1.93. The molecule has 1 aliphatic heterocycles. The van der Waals surface area contributed by atoms with Crippen LogP contribution in [0.15, 0.2) is 0 Å². The van der Waals surface area contributed by atoms with Gasteiger partial charge < -0.3 is 10.1 Å². The van der Waals surface area contributed by atoms with E-state index in [9.17, 15) is 4.79 Å². The van der Waals surface area contributed by atoms with Gasteiger partial charge >= 0.3 is 0 Å². The number of amides is 1. The minimum atomic E-state index is -0.0549. The molecule has 1 fully saturated rings. The van der Waals surface area contributed by atoms with Crippen molar-refractivity contribution in [2.75, 3.05) is 32.8 Å². The summed E-state index contributed by atoms with van der Waals surface area (Å²) in [6.07, 6.45) is 0.732. The van der Waals surface area contributed by atoms with Crippen LogP contribution in [0.25, 0.3) is 0 Å². The molecule has 1 saturated heterocycles. The summed E-state index contributed by atoms with van der Waals surface area (Å²) in [7, 11) is 0. The quantitative estimate of drug-likeness (QED) is 0.854. The molecule has 118 valence electrons. The third-order valence-corrected chi connectivity index (χ3v) is 4.62. The fourth-order valence-electron chi connectivity index (χ4n) is 2.59. The predicted octanol–water partition coefficient (Wildman–Crippen LogP) is 1.19. The molecule has 1 aromatic rings. The number of aromatic nitrogens is 2. The minimum absolute atomic E-state index is 0.0549. The van der Waals surface area contributed by atoms with Crippen LogP contribution in [0.5, 0.6) is 0 Å². The van der Waals surface area contributed by atoms with Gasteiger partial charge in [0.25, 0.3) is 5.91 Å². The van der Waals surface area contributed by atoms with Gasteiger partial charge in [-0.2, -0.15) is 0 Å². The number of ether oxygens (including phenoxy) is 1. The summed E-state index contributed by atoms with van der Waals surface area (Å²) in [5, 5.41) is 7.04. The van der Waals surface area contributed by atoms with Gasteiger partial charge in [-0.05, 0) is 23.9 Å². The largest absolute Gasteiger partial charge is 0.379 e. The van der Waals surface area contributed by atoms with Gasteiger partial charge in [-0.3, -0.25) is 9.69 Å². The average molecular weight is 312 g/mol. The third-order valence-electron chi connectivity index (χ3n) is 3.85. The fourth-order valence-corrected chi connectivity index (χ4v) is 3.25. The summed E-state index contributed by atoms with van der Waals surface area (Å²) < 4.78 is 9.27. The summed E-state index contributed by atoms with van der Waals surface area (Å²) in [5.74, 6) is 0.425. The van der Waals surface area contributed by atoms with Gasteiger partial charge in [-0.25, -0.2) is 0 Å². The second-order valence-electron chi connectivity index (χ2n) is 5.57. The van der Waals surface area contributed by atoms with Gasteiger partial charge in [-0.15, -0.1) is 5.10 Å². The molecule has 7 heteroatoms. The van der Waals surface area contributed by atoms with Crippen LogP contribution < -0.4 is 5.32 Å². The van der Waals surface area contributed by atoms with E-state index in [1.807, 2.05) is 6.92 Å². The molecule has 0 aromatic carbocycles. The van der Waals surface area contributed by atoms with E-state index >= 15 is 0 Å². The monoisotopic (exact) mass is 312 g/mol. The Kier molecular flexibility index (Phi) is 6.08. The molecule has 2 rings (SSSR count). The number of aryl methyl sites for hydroxylation is 1. The van der Waals surface area contributed by atoms with Crippen molar-refractivity contribution < 1.29 is 9.53 Å². The van der Waals surface area contributed by atoms with Gasteiger partial charge in [-0.1, -0.05) is 25.3 Å². The van der Waals surface area contributed by atoms with Crippen molar-refractivity contribution >= 4 is 17.4 Å². The van der Waals surface area contributed by atoms with Crippen molar-refractivity contribution in [1.82, 2.24) is 19.8 Å². The number of hydrogen-bond acceptors (Lipinski definition) is 6. The lowest BCUT2D eigenvalue weighted by molar-refractivity contribution is 0.00673.